The molecule has 1 aromatic rings. The molecule has 61 valence electrons. The summed E-state index contributed by atoms with van der Waals surface area (Å²) < 4.78 is 36.8. The van der Waals surface area contributed by atoms with Gasteiger partial charge in [0, 0.05) is 6.54 Å². The van der Waals surface area contributed by atoms with Gasteiger partial charge in [0.2, 0.25) is 0 Å². The van der Waals surface area contributed by atoms with Crippen molar-refractivity contribution in [2.45, 2.75) is 19.6 Å². The molecule has 0 aromatic carbocycles. The van der Waals surface area contributed by atoms with Crippen molar-refractivity contribution in [3.63, 3.8) is 0 Å². The molecule has 1 heterocycles. The van der Waals surface area contributed by atoms with Crippen LogP contribution in [0.2, 0.25) is 0 Å². The second kappa shape index (κ2) is 2.56. The van der Waals surface area contributed by atoms with Gasteiger partial charge in [0.05, 0.1) is 0 Å². The first-order valence-electron chi connectivity index (χ1n) is 3.06. The molecule has 0 amide bonds. The summed E-state index contributed by atoms with van der Waals surface area (Å²) in [6, 6.07) is 0.837. The Balaban J connectivity index is 3.02. The van der Waals surface area contributed by atoms with E-state index in [2.05, 4.69) is 11.3 Å². The first kappa shape index (κ1) is 8.10. The molecule has 11 heavy (non-hydrogen) atoms. The lowest BCUT2D eigenvalue weighted by molar-refractivity contribution is -0.144. The molecule has 0 N–H and O–H groups in total. The van der Waals surface area contributed by atoms with Crippen molar-refractivity contribution in [1.82, 2.24) is 9.78 Å². The minimum Gasteiger partial charge on any atom is -0.260 e. The third-order valence-corrected chi connectivity index (χ3v) is 1.25. The molecule has 0 atom stereocenters. The van der Waals surface area contributed by atoms with Crippen LogP contribution in [-0.2, 0) is 12.7 Å². The maximum Gasteiger partial charge on any atom is 0.433 e. The van der Waals surface area contributed by atoms with E-state index >= 15 is 0 Å². The summed E-state index contributed by atoms with van der Waals surface area (Å²) in [7, 11) is 0. The van der Waals surface area contributed by atoms with Gasteiger partial charge in [-0.05, 0) is 13.0 Å². The smallest absolute Gasteiger partial charge is 0.260 e. The molecule has 0 aliphatic carbocycles. The van der Waals surface area contributed by atoms with E-state index in [0.717, 1.165) is 10.7 Å². The van der Waals surface area contributed by atoms with Crippen molar-refractivity contribution in [3.05, 3.63) is 18.0 Å². The Hall–Kier alpha value is -1.00. The van der Waals surface area contributed by atoms with Crippen molar-refractivity contribution in [2.24, 2.45) is 0 Å². The average Bonchev–Trinajstić information content (AvgIpc) is 2.31. The van der Waals surface area contributed by atoms with E-state index in [0.29, 0.717) is 0 Å². The quantitative estimate of drug-likeness (QED) is 0.616. The molecule has 1 rings (SSSR count). The summed E-state index contributed by atoms with van der Waals surface area (Å²) in [5, 5.41) is 3.37. The lowest BCUT2D eigenvalue weighted by Gasteiger charge is -2.06. The minimum absolute atomic E-state index is 0.207. The van der Waals surface area contributed by atoms with Crippen LogP contribution in [0, 0.1) is 6.20 Å². The van der Waals surface area contributed by atoms with Gasteiger partial charge in [-0.3, -0.25) is 4.68 Å². The standard InChI is InChI=1S/C6H6F3N2/c1-2-11-5(3-4-10-11)6(7,8)9/h3H,2H2,1H3. The van der Waals surface area contributed by atoms with Gasteiger partial charge in [0.15, 0.2) is 0 Å². The number of nitrogens with zero attached hydrogens (tertiary/aromatic N) is 2. The number of rotatable bonds is 1. The Morgan fingerprint density at radius 1 is 1.64 bits per heavy atom. The zero-order valence-electron chi connectivity index (χ0n) is 5.81. The van der Waals surface area contributed by atoms with Crippen molar-refractivity contribution in [3.8, 4) is 0 Å². The summed E-state index contributed by atoms with van der Waals surface area (Å²) in [6.07, 6.45) is -2.17. The van der Waals surface area contributed by atoms with Gasteiger partial charge in [0.25, 0.3) is 0 Å². The van der Waals surface area contributed by atoms with Gasteiger partial charge in [-0.1, -0.05) is 0 Å². The highest BCUT2D eigenvalue weighted by molar-refractivity contribution is 5.03. The molecule has 0 aliphatic rings. The van der Waals surface area contributed by atoms with E-state index in [1.807, 2.05) is 0 Å². The number of halogens is 3. The Morgan fingerprint density at radius 2 is 2.27 bits per heavy atom. The van der Waals surface area contributed by atoms with Crippen LogP contribution >= 0.6 is 0 Å². The molecule has 0 aliphatic heterocycles. The molecule has 0 bridgehead atoms. The fourth-order valence-corrected chi connectivity index (χ4v) is 0.757. The van der Waals surface area contributed by atoms with E-state index in [1.165, 1.54) is 0 Å². The van der Waals surface area contributed by atoms with E-state index in [4.69, 9.17) is 0 Å². The monoisotopic (exact) mass is 163 g/mol. The van der Waals surface area contributed by atoms with Gasteiger partial charge >= 0.3 is 6.18 Å². The molecule has 2 nitrogen and oxygen atoms in total. The summed E-state index contributed by atoms with van der Waals surface area (Å²) in [5.41, 5.74) is -0.750. The van der Waals surface area contributed by atoms with E-state index in [-0.39, 0.29) is 6.54 Å². The van der Waals surface area contributed by atoms with Crippen LogP contribution in [-0.4, -0.2) is 9.78 Å². The number of alkyl halides is 3. The van der Waals surface area contributed by atoms with Crippen LogP contribution in [0.5, 0.6) is 0 Å². The maximum atomic E-state index is 12.0. The first-order chi connectivity index (χ1) is 5.05. The van der Waals surface area contributed by atoms with Crippen LogP contribution in [0.1, 0.15) is 12.6 Å². The topological polar surface area (TPSA) is 17.8 Å². The van der Waals surface area contributed by atoms with Crippen LogP contribution in [0.4, 0.5) is 13.2 Å². The van der Waals surface area contributed by atoms with E-state index < -0.39 is 11.9 Å². The molecular weight excluding hydrogens is 157 g/mol. The minimum atomic E-state index is -4.32. The Bertz CT molecular complexity index is 238. The normalized spacial score (nSPS) is 12.0. The Kier molecular flexibility index (Phi) is 1.89. The second-order valence-electron chi connectivity index (χ2n) is 1.97. The van der Waals surface area contributed by atoms with Crippen LogP contribution in [0.3, 0.4) is 0 Å². The molecule has 0 saturated carbocycles. The zero-order chi connectivity index (χ0) is 8.48. The SMILES string of the molecule is CCn1n[c]cc1C(F)(F)F. The molecule has 0 unspecified atom stereocenters. The van der Waals surface area contributed by atoms with Crippen LogP contribution in [0.25, 0.3) is 0 Å². The third-order valence-electron chi connectivity index (χ3n) is 1.25. The second-order valence-corrected chi connectivity index (χ2v) is 1.97. The van der Waals surface area contributed by atoms with Gasteiger partial charge < -0.3 is 0 Å². The summed E-state index contributed by atoms with van der Waals surface area (Å²) in [6.45, 7) is 1.80. The molecular formula is C6H6F3N2. The summed E-state index contributed by atoms with van der Waals surface area (Å²) in [4.78, 5) is 0. The van der Waals surface area contributed by atoms with Crippen molar-refractivity contribution in [2.75, 3.05) is 0 Å². The van der Waals surface area contributed by atoms with Crippen molar-refractivity contribution >= 4 is 0 Å². The van der Waals surface area contributed by atoms with Crippen molar-refractivity contribution < 1.29 is 13.2 Å². The highest BCUT2D eigenvalue weighted by atomic mass is 19.4. The highest BCUT2D eigenvalue weighted by Crippen LogP contribution is 2.28. The first-order valence-corrected chi connectivity index (χ1v) is 3.06. The molecule has 1 radical (unpaired) electrons. The number of aromatic nitrogens is 2. The number of hydrogen-bond donors (Lipinski definition) is 0. The summed E-state index contributed by atoms with van der Waals surface area (Å²) >= 11 is 0. The van der Waals surface area contributed by atoms with E-state index in [9.17, 15) is 13.2 Å². The van der Waals surface area contributed by atoms with Gasteiger partial charge in [-0.2, -0.15) is 18.3 Å². The highest BCUT2D eigenvalue weighted by Gasteiger charge is 2.34. The molecule has 0 spiro atoms. The predicted octanol–water partition coefficient (Wildman–Crippen LogP) is 1.72. The number of aryl methyl sites for hydroxylation is 1. The Morgan fingerprint density at radius 3 is 2.64 bits per heavy atom. The van der Waals surface area contributed by atoms with Crippen LogP contribution in [0.15, 0.2) is 6.07 Å². The molecule has 1 aromatic heterocycles. The van der Waals surface area contributed by atoms with Crippen molar-refractivity contribution in [1.29, 1.82) is 0 Å². The lowest BCUT2D eigenvalue weighted by Crippen LogP contribution is -2.13. The molecule has 0 saturated heterocycles. The third kappa shape index (κ3) is 1.53. The van der Waals surface area contributed by atoms with E-state index in [1.54, 1.807) is 6.92 Å². The Labute approximate surface area is 61.6 Å². The number of hydrogen-bond acceptors (Lipinski definition) is 1. The fraction of sp³-hybridized carbons (Fsp3) is 0.500. The van der Waals surface area contributed by atoms with Gasteiger partial charge in [-0.15, -0.1) is 0 Å². The van der Waals surface area contributed by atoms with Gasteiger partial charge in [0.1, 0.15) is 11.9 Å². The molecule has 5 heteroatoms. The zero-order valence-corrected chi connectivity index (χ0v) is 5.81. The average molecular weight is 163 g/mol. The lowest BCUT2D eigenvalue weighted by atomic mass is 10.4. The van der Waals surface area contributed by atoms with Gasteiger partial charge in [-0.25, -0.2) is 0 Å². The largest absolute Gasteiger partial charge is 0.433 e. The van der Waals surface area contributed by atoms with Crippen LogP contribution < -0.4 is 0 Å². The maximum absolute atomic E-state index is 12.0. The molecule has 0 fully saturated rings. The predicted molar refractivity (Wildman–Crippen MR) is 31.7 cm³/mol. The fourth-order valence-electron chi connectivity index (χ4n) is 0.757. The summed E-state index contributed by atoms with van der Waals surface area (Å²) in [5.74, 6) is 0.